The van der Waals surface area contributed by atoms with Crippen molar-refractivity contribution in [2.24, 2.45) is 5.92 Å². The molecule has 0 aliphatic heterocycles. The van der Waals surface area contributed by atoms with Crippen molar-refractivity contribution in [1.82, 2.24) is 0 Å². The Kier molecular flexibility index (Phi) is 15.4. The molecule has 0 heterocycles. The van der Waals surface area contributed by atoms with Crippen LogP contribution in [0.25, 0.3) is 0 Å². The average molecular weight is 459 g/mol. The molecule has 186 valence electrons. The lowest BCUT2D eigenvalue weighted by molar-refractivity contribution is -0.143. The molecule has 0 bridgehead atoms. The van der Waals surface area contributed by atoms with Crippen LogP contribution in [0.5, 0.6) is 0 Å². The smallest absolute Gasteiger partial charge is 0.305 e. The zero-order valence-electron chi connectivity index (χ0n) is 21.4. The fourth-order valence-electron chi connectivity index (χ4n) is 4.35. The Bertz CT molecular complexity index is 692. The number of unbranched alkanes of at least 4 members (excludes halogenated alkanes) is 3. The van der Waals surface area contributed by atoms with E-state index in [2.05, 4.69) is 19.1 Å². The van der Waals surface area contributed by atoms with Crippen molar-refractivity contribution in [3.63, 3.8) is 0 Å². The molecule has 1 saturated carbocycles. The van der Waals surface area contributed by atoms with Crippen molar-refractivity contribution in [2.75, 3.05) is 6.61 Å². The second kappa shape index (κ2) is 17.5. The van der Waals surface area contributed by atoms with Crippen LogP contribution in [0.3, 0.4) is 0 Å². The first kappa shape index (κ1) is 29.1. The molecule has 0 amide bonds. The summed E-state index contributed by atoms with van der Waals surface area (Å²) in [4.78, 5) is 24.1. The van der Waals surface area contributed by atoms with Crippen LogP contribution in [-0.2, 0) is 14.3 Å². The van der Waals surface area contributed by atoms with Crippen LogP contribution >= 0.6 is 0 Å². The quantitative estimate of drug-likeness (QED) is 0.178. The molecule has 33 heavy (non-hydrogen) atoms. The zero-order valence-corrected chi connectivity index (χ0v) is 21.4. The number of allylic oxidation sites excluding steroid dienone is 2. The van der Waals surface area contributed by atoms with Crippen molar-refractivity contribution >= 4 is 11.8 Å². The number of hydrogen-bond acceptors (Lipinski definition) is 4. The van der Waals surface area contributed by atoms with Crippen LogP contribution in [0.2, 0.25) is 0 Å². The number of aliphatic hydroxyl groups excluding tert-OH is 1. The van der Waals surface area contributed by atoms with E-state index < -0.39 is 6.10 Å². The molecule has 3 atom stereocenters. The van der Waals surface area contributed by atoms with Gasteiger partial charge in [-0.05, 0) is 55.6 Å². The number of hydrogen-bond donors (Lipinski definition) is 1. The molecule has 1 aliphatic rings. The number of ketones is 1. The second-order valence-corrected chi connectivity index (χ2v) is 8.74. The maximum absolute atomic E-state index is 12.5. The average Bonchev–Trinajstić information content (AvgIpc) is 3.21. The lowest BCUT2D eigenvalue weighted by Crippen LogP contribution is -2.12. The summed E-state index contributed by atoms with van der Waals surface area (Å²) in [7, 11) is 0. The molecule has 3 unspecified atom stereocenters. The highest BCUT2D eigenvalue weighted by molar-refractivity contribution is 5.88. The summed E-state index contributed by atoms with van der Waals surface area (Å²) in [5.74, 6) is 0.502. The molecular formula is C29H46O4. The Balaban J connectivity index is 0.00000265. The van der Waals surface area contributed by atoms with E-state index in [1.54, 1.807) is 0 Å². The van der Waals surface area contributed by atoms with E-state index in [0.29, 0.717) is 31.1 Å². The Labute approximate surface area is 201 Å². The summed E-state index contributed by atoms with van der Waals surface area (Å²) in [6, 6.07) is 8.04. The van der Waals surface area contributed by atoms with Gasteiger partial charge in [0.2, 0.25) is 0 Å². The van der Waals surface area contributed by atoms with Crippen LogP contribution in [0, 0.1) is 5.92 Å². The van der Waals surface area contributed by atoms with E-state index >= 15 is 0 Å². The summed E-state index contributed by atoms with van der Waals surface area (Å²) in [6.45, 7) is 8.66. The minimum absolute atomic E-state index is 0.0417. The summed E-state index contributed by atoms with van der Waals surface area (Å²) < 4.78 is 5.09. The van der Waals surface area contributed by atoms with Gasteiger partial charge in [0.1, 0.15) is 5.78 Å². The number of benzene rings is 1. The van der Waals surface area contributed by atoms with Crippen molar-refractivity contribution in [2.45, 2.75) is 110 Å². The maximum atomic E-state index is 12.5. The molecular weight excluding hydrogens is 412 g/mol. The monoisotopic (exact) mass is 458 g/mol. The van der Waals surface area contributed by atoms with Crippen LogP contribution in [-0.4, -0.2) is 23.5 Å². The van der Waals surface area contributed by atoms with Crippen LogP contribution < -0.4 is 0 Å². The normalized spacial score (nSPS) is 18.8. The number of aliphatic hydroxyl groups is 1. The van der Waals surface area contributed by atoms with Crippen molar-refractivity contribution in [1.29, 1.82) is 0 Å². The predicted octanol–water partition coefficient (Wildman–Crippen LogP) is 7.46. The highest BCUT2D eigenvalue weighted by atomic mass is 16.5. The van der Waals surface area contributed by atoms with Gasteiger partial charge in [-0.3, -0.25) is 9.59 Å². The van der Waals surface area contributed by atoms with E-state index in [4.69, 9.17) is 4.74 Å². The van der Waals surface area contributed by atoms with Gasteiger partial charge in [0.15, 0.2) is 0 Å². The number of carbonyl (C=O) groups excluding carboxylic acids is 2. The zero-order chi connectivity index (χ0) is 24.5. The van der Waals surface area contributed by atoms with Crippen molar-refractivity contribution in [3.8, 4) is 0 Å². The SMILES string of the molecule is CC.CCCCCC(O)c1ccc(C2C(=O)CCC2C/C=C\CCCC(=O)OCCC)cc1. The number of rotatable bonds is 14. The first-order valence-corrected chi connectivity index (χ1v) is 13.2. The lowest BCUT2D eigenvalue weighted by atomic mass is 9.85. The standard InChI is InChI=1S/C27H40O4.C2H6/c1-3-5-8-12-24(28)21-14-16-23(17-15-21)27-22(18-19-25(27)29)11-9-6-7-10-13-26(30)31-20-4-2;1-2/h6,9,14-17,22,24,27-28H,3-5,7-8,10-13,18-20H2,1-2H3;1-2H3/b9-6-;. The Morgan fingerprint density at radius 1 is 1.09 bits per heavy atom. The van der Waals surface area contributed by atoms with E-state index in [-0.39, 0.29) is 11.9 Å². The molecule has 1 aliphatic carbocycles. The third-order valence-corrected chi connectivity index (χ3v) is 6.17. The predicted molar refractivity (Wildman–Crippen MR) is 136 cm³/mol. The van der Waals surface area contributed by atoms with Crippen LogP contribution in [0.1, 0.15) is 121 Å². The molecule has 4 heteroatoms. The fraction of sp³-hybridized carbons (Fsp3) is 0.655. The number of esters is 1. The number of carbonyl (C=O) groups is 2. The Morgan fingerprint density at radius 3 is 2.48 bits per heavy atom. The van der Waals surface area contributed by atoms with Gasteiger partial charge in [-0.25, -0.2) is 0 Å². The topological polar surface area (TPSA) is 63.6 Å². The van der Waals surface area contributed by atoms with Crippen LogP contribution in [0.15, 0.2) is 36.4 Å². The van der Waals surface area contributed by atoms with E-state index in [1.165, 1.54) is 0 Å². The van der Waals surface area contributed by atoms with Crippen LogP contribution in [0.4, 0.5) is 0 Å². The molecule has 1 aromatic carbocycles. The summed E-state index contributed by atoms with van der Waals surface area (Å²) in [5.41, 5.74) is 2.02. The first-order valence-electron chi connectivity index (χ1n) is 13.2. The highest BCUT2D eigenvalue weighted by Crippen LogP contribution is 2.39. The molecule has 0 saturated heterocycles. The van der Waals surface area contributed by atoms with E-state index in [0.717, 1.165) is 68.9 Å². The van der Waals surface area contributed by atoms with Gasteiger partial charge in [0, 0.05) is 18.8 Å². The Hall–Kier alpha value is -1.94. The lowest BCUT2D eigenvalue weighted by Gasteiger charge is -2.18. The van der Waals surface area contributed by atoms with E-state index in [9.17, 15) is 14.7 Å². The molecule has 0 spiro atoms. The molecule has 1 aromatic rings. The molecule has 0 radical (unpaired) electrons. The van der Waals surface area contributed by atoms with Gasteiger partial charge in [-0.15, -0.1) is 0 Å². The Morgan fingerprint density at radius 2 is 1.82 bits per heavy atom. The van der Waals surface area contributed by atoms with Gasteiger partial charge in [-0.1, -0.05) is 83.4 Å². The van der Waals surface area contributed by atoms with Gasteiger partial charge in [0.25, 0.3) is 0 Å². The first-order chi connectivity index (χ1) is 16.1. The molecule has 4 nitrogen and oxygen atoms in total. The van der Waals surface area contributed by atoms with Gasteiger partial charge in [-0.2, -0.15) is 0 Å². The van der Waals surface area contributed by atoms with E-state index in [1.807, 2.05) is 45.0 Å². The fourth-order valence-corrected chi connectivity index (χ4v) is 4.35. The minimum atomic E-state index is -0.419. The van der Waals surface area contributed by atoms with Gasteiger partial charge in [0.05, 0.1) is 12.7 Å². The van der Waals surface area contributed by atoms with Crippen molar-refractivity contribution < 1.29 is 19.4 Å². The molecule has 0 aromatic heterocycles. The molecule has 1 N–H and O–H groups in total. The summed E-state index contributed by atoms with van der Waals surface area (Å²) >= 11 is 0. The number of Topliss-reactive ketones (excluding diaryl/α,β-unsaturated/α-hetero) is 1. The third kappa shape index (κ3) is 10.7. The van der Waals surface area contributed by atoms with Gasteiger partial charge < -0.3 is 9.84 Å². The molecule has 2 rings (SSSR count). The minimum Gasteiger partial charge on any atom is -0.466 e. The largest absolute Gasteiger partial charge is 0.466 e. The third-order valence-electron chi connectivity index (χ3n) is 6.17. The number of ether oxygens (including phenoxy) is 1. The highest BCUT2D eigenvalue weighted by Gasteiger charge is 2.34. The molecule has 1 fully saturated rings. The summed E-state index contributed by atoms with van der Waals surface area (Å²) in [6.07, 6.45) is 13.4. The van der Waals surface area contributed by atoms with Crippen molar-refractivity contribution in [3.05, 3.63) is 47.5 Å². The van der Waals surface area contributed by atoms with Gasteiger partial charge >= 0.3 is 5.97 Å². The summed E-state index contributed by atoms with van der Waals surface area (Å²) in [5, 5.41) is 10.4. The maximum Gasteiger partial charge on any atom is 0.305 e. The second-order valence-electron chi connectivity index (χ2n) is 8.74.